The predicted molar refractivity (Wildman–Crippen MR) is 247 cm³/mol. The third-order valence-corrected chi connectivity index (χ3v) is 10.2. The Morgan fingerprint density at radius 2 is 1.00 bits per heavy atom. The summed E-state index contributed by atoms with van der Waals surface area (Å²) >= 11 is 0. The van der Waals surface area contributed by atoms with Crippen LogP contribution in [0, 0.1) is 0 Å². The molecule has 0 saturated heterocycles. The van der Waals surface area contributed by atoms with E-state index in [2.05, 4.69) is 86.8 Å². The van der Waals surface area contributed by atoms with E-state index < -0.39 is 32.5 Å². The van der Waals surface area contributed by atoms with Gasteiger partial charge >= 0.3 is 19.8 Å². The van der Waals surface area contributed by atoms with Crippen molar-refractivity contribution < 1.29 is 37.6 Å². The molecule has 0 aromatic heterocycles. The number of ether oxygens (including phenoxy) is 2. The van der Waals surface area contributed by atoms with Gasteiger partial charge in [0.05, 0.1) is 13.2 Å². The molecular weight excluding hydrogens is 762 g/mol. The molecule has 59 heavy (non-hydrogen) atoms. The van der Waals surface area contributed by atoms with Gasteiger partial charge in [0.15, 0.2) is 6.10 Å². The van der Waals surface area contributed by atoms with Gasteiger partial charge < -0.3 is 19.3 Å². The third-order valence-electron chi connectivity index (χ3n) is 9.20. The third kappa shape index (κ3) is 44.6. The van der Waals surface area contributed by atoms with Crippen LogP contribution in [0.5, 0.6) is 0 Å². The van der Waals surface area contributed by atoms with Crippen molar-refractivity contribution in [1.82, 2.24) is 4.90 Å². The second-order valence-corrected chi connectivity index (χ2v) is 16.6. The van der Waals surface area contributed by atoms with E-state index in [1.807, 2.05) is 26.2 Å². The van der Waals surface area contributed by atoms with E-state index in [1.54, 1.807) is 4.90 Å². The zero-order valence-electron chi connectivity index (χ0n) is 37.7. The molecule has 0 fully saturated rings. The summed E-state index contributed by atoms with van der Waals surface area (Å²) in [6, 6.07) is 0. The summed E-state index contributed by atoms with van der Waals surface area (Å²) in [6.45, 7) is 4.10. The van der Waals surface area contributed by atoms with Crippen molar-refractivity contribution in [2.24, 2.45) is 0 Å². The molecule has 0 radical (unpaired) electrons. The number of carbonyl (C=O) groups is 2. The van der Waals surface area contributed by atoms with Gasteiger partial charge in [0.1, 0.15) is 6.61 Å². The van der Waals surface area contributed by atoms with Gasteiger partial charge in [-0.1, -0.05) is 163 Å². The highest BCUT2D eigenvalue weighted by Gasteiger charge is 2.26. The summed E-state index contributed by atoms with van der Waals surface area (Å²) < 4.78 is 33.4. The van der Waals surface area contributed by atoms with E-state index in [0.29, 0.717) is 13.0 Å². The van der Waals surface area contributed by atoms with Gasteiger partial charge in [0.25, 0.3) is 0 Å². The minimum atomic E-state index is -4.39. The number of rotatable bonds is 41. The predicted octanol–water partition coefficient (Wildman–Crippen LogP) is 13.4. The number of nitrogens with zero attached hydrogens (tertiary/aromatic N) is 1. The average Bonchev–Trinajstić information content (AvgIpc) is 3.20. The molecule has 0 aliphatic heterocycles. The van der Waals surface area contributed by atoms with Gasteiger partial charge in [-0.15, -0.1) is 0 Å². The summed E-state index contributed by atoms with van der Waals surface area (Å²) in [4.78, 5) is 37.0. The maximum Gasteiger partial charge on any atom is 0.472 e. The second kappa shape index (κ2) is 43.3. The van der Waals surface area contributed by atoms with Crippen LogP contribution in [0.4, 0.5) is 0 Å². The molecule has 0 aromatic rings. The Morgan fingerprint density at radius 1 is 0.542 bits per heavy atom. The summed E-state index contributed by atoms with van der Waals surface area (Å²) in [6.07, 6.45) is 53.6. The lowest BCUT2D eigenvalue weighted by atomic mass is 10.1. The van der Waals surface area contributed by atoms with Crippen molar-refractivity contribution in [3.8, 4) is 0 Å². The standard InChI is InChI=1S/C49H84NO8P/c1-5-7-9-11-13-15-17-19-21-23-24-26-28-30-32-34-36-38-40-42-49(52)58-47(46-57-59(53,54)56-44-43-50(3)4)45-55-48(51)41-39-37-35-33-31-29-27-25-22-20-18-16-14-12-10-8-6-2/h7,9,13,15,19-22,24,26,30,32,36,38,47H,5-6,8,10-12,14,16-18,23,25,27-29,31,33-35,37,39-46H2,1-4H3,(H,53,54)/b9-7-,15-13-,21-19-,22-20-,26-24-,32-30-,38-36-. The fourth-order valence-electron chi connectivity index (χ4n) is 5.71. The van der Waals surface area contributed by atoms with Crippen LogP contribution in [-0.2, 0) is 32.7 Å². The number of hydrogen-bond donors (Lipinski definition) is 1. The van der Waals surface area contributed by atoms with Crippen LogP contribution in [0.3, 0.4) is 0 Å². The molecule has 0 rings (SSSR count). The number of esters is 2. The summed E-state index contributed by atoms with van der Waals surface area (Å²) in [5.41, 5.74) is 0. The monoisotopic (exact) mass is 846 g/mol. The Hall–Kier alpha value is -2.81. The van der Waals surface area contributed by atoms with Crippen LogP contribution in [-0.4, -0.2) is 68.3 Å². The molecule has 0 spiro atoms. The lowest BCUT2D eigenvalue weighted by molar-refractivity contribution is -0.161. The minimum Gasteiger partial charge on any atom is -0.462 e. The quantitative estimate of drug-likeness (QED) is 0.0278. The Balaban J connectivity index is 4.41. The van der Waals surface area contributed by atoms with Crippen molar-refractivity contribution in [1.29, 1.82) is 0 Å². The van der Waals surface area contributed by atoms with E-state index in [0.717, 1.165) is 70.6 Å². The lowest BCUT2D eigenvalue weighted by Crippen LogP contribution is -2.29. The van der Waals surface area contributed by atoms with Crippen LogP contribution in [0.2, 0.25) is 0 Å². The lowest BCUT2D eigenvalue weighted by Gasteiger charge is -2.20. The van der Waals surface area contributed by atoms with Crippen LogP contribution >= 0.6 is 7.82 Å². The molecule has 0 bridgehead atoms. The summed E-state index contributed by atoms with van der Waals surface area (Å²) in [5, 5.41) is 0. The average molecular weight is 846 g/mol. The number of phosphoric acid groups is 1. The Kier molecular flexibility index (Phi) is 41.2. The zero-order chi connectivity index (χ0) is 43.3. The van der Waals surface area contributed by atoms with Gasteiger partial charge in [0, 0.05) is 19.4 Å². The van der Waals surface area contributed by atoms with Gasteiger partial charge in [0.2, 0.25) is 0 Å². The number of carbonyl (C=O) groups excluding carboxylic acids is 2. The Morgan fingerprint density at radius 3 is 1.51 bits per heavy atom. The largest absolute Gasteiger partial charge is 0.472 e. The van der Waals surface area contributed by atoms with E-state index in [1.165, 1.54) is 64.2 Å². The first-order chi connectivity index (χ1) is 28.7. The molecule has 2 unspecified atom stereocenters. The number of hydrogen-bond acceptors (Lipinski definition) is 8. The number of likely N-dealkylation sites (N-methyl/N-ethyl adjacent to an activating group) is 1. The SMILES string of the molecule is CC/C=C\C/C=C\C/C=C\C/C=C\C/C=C\C/C=C\CCC(=O)OC(COC(=O)CCCCCCCCC/C=C\CCCCCCCC)COP(=O)(O)OCCN(C)C. The maximum absolute atomic E-state index is 12.6. The van der Waals surface area contributed by atoms with Crippen molar-refractivity contribution in [3.05, 3.63) is 85.1 Å². The Labute approximate surface area is 360 Å². The zero-order valence-corrected chi connectivity index (χ0v) is 38.6. The first-order valence-electron chi connectivity index (χ1n) is 22.9. The fraction of sp³-hybridized carbons (Fsp3) is 0.673. The summed E-state index contributed by atoms with van der Waals surface area (Å²) in [7, 11) is -0.761. The highest BCUT2D eigenvalue weighted by Crippen LogP contribution is 2.43. The molecule has 2 atom stereocenters. The molecule has 0 aliphatic carbocycles. The molecule has 0 heterocycles. The van der Waals surface area contributed by atoms with E-state index in [4.69, 9.17) is 18.5 Å². The van der Waals surface area contributed by atoms with Gasteiger partial charge in [-0.3, -0.25) is 18.6 Å². The van der Waals surface area contributed by atoms with Crippen LogP contribution < -0.4 is 0 Å². The fourth-order valence-corrected chi connectivity index (χ4v) is 6.45. The molecule has 338 valence electrons. The topological polar surface area (TPSA) is 112 Å². The van der Waals surface area contributed by atoms with Crippen molar-refractivity contribution in [3.63, 3.8) is 0 Å². The number of phosphoric ester groups is 1. The van der Waals surface area contributed by atoms with Crippen LogP contribution in [0.1, 0.15) is 168 Å². The molecule has 10 heteroatoms. The van der Waals surface area contributed by atoms with Crippen molar-refractivity contribution in [2.45, 2.75) is 174 Å². The Bertz CT molecular complexity index is 1250. The molecule has 0 aliphatic rings. The van der Waals surface area contributed by atoms with E-state index in [9.17, 15) is 19.0 Å². The molecular formula is C49H84NO8P. The highest BCUT2D eigenvalue weighted by atomic mass is 31.2. The number of unbranched alkanes of at least 4 members (excludes halogenated alkanes) is 13. The molecule has 0 saturated carbocycles. The molecule has 0 aromatic carbocycles. The smallest absolute Gasteiger partial charge is 0.462 e. The van der Waals surface area contributed by atoms with Crippen LogP contribution in [0.15, 0.2) is 85.1 Å². The molecule has 0 amide bonds. The minimum absolute atomic E-state index is 0.0110. The van der Waals surface area contributed by atoms with Gasteiger partial charge in [-0.25, -0.2) is 4.57 Å². The maximum atomic E-state index is 12.6. The second-order valence-electron chi connectivity index (χ2n) is 15.2. The first-order valence-corrected chi connectivity index (χ1v) is 24.4. The number of allylic oxidation sites excluding steroid dienone is 14. The van der Waals surface area contributed by atoms with Crippen molar-refractivity contribution >= 4 is 19.8 Å². The highest BCUT2D eigenvalue weighted by molar-refractivity contribution is 7.47. The summed E-state index contributed by atoms with van der Waals surface area (Å²) in [5.74, 6) is -0.911. The molecule has 1 N–H and O–H groups in total. The normalized spacial score (nSPS) is 14.1. The van der Waals surface area contributed by atoms with E-state index in [-0.39, 0.29) is 26.1 Å². The van der Waals surface area contributed by atoms with E-state index >= 15 is 0 Å². The van der Waals surface area contributed by atoms with Crippen LogP contribution in [0.25, 0.3) is 0 Å². The first kappa shape index (κ1) is 56.2. The van der Waals surface area contributed by atoms with Gasteiger partial charge in [-0.05, 0) is 91.1 Å². The van der Waals surface area contributed by atoms with Crippen molar-refractivity contribution in [2.75, 3.05) is 40.5 Å². The molecule has 9 nitrogen and oxygen atoms in total. The van der Waals surface area contributed by atoms with Gasteiger partial charge in [-0.2, -0.15) is 0 Å².